The first kappa shape index (κ1) is 24.4. The van der Waals surface area contributed by atoms with E-state index >= 15 is 0 Å². The standard InChI is InChI=1S/C19H37N5O2.HI/c1-6-20-18(21-14-19(23(4)5)8-11-26-12-9-19)22-16-7-10-24(13-16)17(25)15(2)3;/h15-16H,6-14H2,1-5H3,(H2,20,21,22);1H. The third-order valence-electron chi connectivity index (χ3n) is 5.58. The number of likely N-dealkylation sites (tertiary alicyclic amines) is 1. The van der Waals surface area contributed by atoms with Crippen molar-refractivity contribution in [2.45, 2.75) is 51.6 Å². The Balaban J connectivity index is 0.00000364. The van der Waals surface area contributed by atoms with Gasteiger partial charge in [0, 0.05) is 50.3 Å². The van der Waals surface area contributed by atoms with Gasteiger partial charge in [0.1, 0.15) is 0 Å². The van der Waals surface area contributed by atoms with Crippen LogP contribution in [0.5, 0.6) is 0 Å². The summed E-state index contributed by atoms with van der Waals surface area (Å²) in [6.45, 7) is 10.8. The fourth-order valence-electron chi connectivity index (χ4n) is 3.68. The summed E-state index contributed by atoms with van der Waals surface area (Å²) >= 11 is 0. The smallest absolute Gasteiger partial charge is 0.225 e. The molecule has 2 rings (SSSR count). The predicted octanol–water partition coefficient (Wildman–Crippen LogP) is 1.53. The van der Waals surface area contributed by atoms with Crippen LogP contribution in [0.4, 0.5) is 0 Å². The summed E-state index contributed by atoms with van der Waals surface area (Å²) < 4.78 is 5.55. The average Bonchev–Trinajstić information content (AvgIpc) is 3.08. The average molecular weight is 495 g/mol. The molecule has 2 aliphatic rings. The molecule has 1 amide bonds. The van der Waals surface area contributed by atoms with Crippen LogP contribution in [0.15, 0.2) is 4.99 Å². The molecule has 2 heterocycles. The number of hydrogen-bond acceptors (Lipinski definition) is 4. The minimum Gasteiger partial charge on any atom is -0.381 e. The van der Waals surface area contributed by atoms with E-state index in [9.17, 15) is 4.79 Å². The maximum Gasteiger partial charge on any atom is 0.225 e. The van der Waals surface area contributed by atoms with Crippen molar-refractivity contribution in [3.05, 3.63) is 0 Å². The van der Waals surface area contributed by atoms with Crippen molar-refractivity contribution in [3.63, 3.8) is 0 Å². The van der Waals surface area contributed by atoms with Crippen LogP contribution in [0.25, 0.3) is 0 Å². The second-order valence-corrected chi connectivity index (χ2v) is 8.00. The van der Waals surface area contributed by atoms with Crippen LogP contribution in [-0.4, -0.2) is 86.7 Å². The number of rotatable bonds is 6. The molecule has 7 nitrogen and oxygen atoms in total. The molecule has 158 valence electrons. The molecule has 0 aliphatic carbocycles. The molecule has 2 saturated heterocycles. The van der Waals surface area contributed by atoms with Crippen molar-refractivity contribution in [2.24, 2.45) is 10.9 Å². The molecule has 0 aromatic rings. The monoisotopic (exact) mass is 495 g/mol. The summed E-state index contributed by atoms with van der Waals surface area (Å²) in [5.41, 5.74) is 0.0654. The van der Waals surface area contributed by atoms with Gasteiger partial charge in [-0.05, 0) is 40.3 Å². The first-order valence-electron chi connectivity index (χ1n) is 9.97. The lowest BCUT2D eigenvalue weighted by molar-refractivity contribution is -0.133. The van der Waals surface area contributed by atoms with Crippen molar-refractivity contribution in [1.29, 1.82) is 0 Å². The minimum absolute atomic E-state index is 0. The van der Waals surface area contributed by atoms with E-state index in [2.05, 4.69) is 36.6 Å². The Kier molecular flexibility index (Phi) is 10.3. The molecule has 2 fully saturated rings. The highest BCUT2D eigenvalue weighted by atomic mass is 127. The molecule has 0 saturated carbocycles. The summed E-state index contributed by atoms with van der Waals surface area (Å²) in [6.07, 6.45) is 2.97. The Morgan fingerprint density at radius 1 is 1.33 bits per heavy atom. The van der Waals surface area contributed by atoms with Crippen LogP contribution in [0.1, 0.15) is 40.0 Å². The number of hydrogen-bond donors (Lipinski definition) is 2. The number of ether oxygens (including phenoxy) is 1. The van der Waals surface area contributed by atoms with E-state index in [4.69, 9.17) is 9.73 Å². The molecule has 1 unspecified atom stereocenters. The van der Waals surface area contributed by atoms with Crippen molar-refractivity contribution in [2.75, 3.05) is 53.5 Å². The molecule has 2 aliphatic heterocycles. The molecule has 1 atom stereocenters. The lowest BCUT2D eigenvalue weighted by Gasteiger charge is -2.41. The van der Waals surface area contributed by atoms with E-state index in [1.54, 1.807) is 0 Å². The predicted molar refractivity (Wildman–Crippen MR) is 121 cm³/mol. The second-order valence-electron chi connectivity index (χ2n) is 8.00. The molecule has 0 aromatic heterocycles. The van der Waals surface area contributed by atoms with Crippen LogP contribution >= 0.6 is 24.0 Å². The van der Waals surface area contributed by atoms with Crippen molar-refractivity contribution in [3.8, 4) is 0 Å². The lowest BCUT2D eigenvalue weighted by atomic mass is 9.89. The zero-order valence-corrected chi connectivity index (χ0v) is 19.9. The number of carbonyl (C=O) groups excluding carboxylic acids is 1. The summed E-state index contributed by atoms with van der Waals surface area (Å²) in [5, 5.41) is 6.89. The topological polar surface area (TPSA) is 69.2 Å². The largest absolute Gasteiger partial charge is 0.381 e. The first-order valence-corrected chi connectivity index (χ1v) is 9.97. The third-order valence-corrected chi connectivity index (χ3v) is 5.58. The summed E-state index contributed by atoms with van der Waals surface area (Å²) in [5.74, 6) is 1.15. The highest BCUT2D eigenvalue weighted by Gasteiger charge is 2.35. The van der Waals surface area contributed by atoms with E-state index < -0.39 is 0 Å². The molecule has 27 heavy (non-hydrogen) atoms. The number of likely N-dealkylation sites (N-methyl/N-ethyl adjacent to an activating group) is 1. The van der Waals surface area contributed by atoms with Gasteiger partial charge in [-0.25, -0.2) is 0 Å². The van der Waals surface area contributed by atoms with Gasteiger partial charge in [0.15, 0.2) is 5.96 Å². The Labute approximate surface area is 181 Å². The Hall–Kier alpha value is -0.610. The number of guanidine groups is 1. The maximum absolute atomic E-state index is 12.2. The van der Waals surface area contributed by atoms with E-state index in [1.807, 2.05) is 18.7 Å². The number of aliphatic imine (C=N–C) groups is 1. The summed E-state index contributed by atoms with van der Waals surface area (Å²) in [4.78, 5) is 21.3. The molecule has 0 radical (unpaired) electrons. The van der Waals surface area contributed by atoms with Gasteiger partial charge in [0.05, 0.1) is 6.54 Å². The van der Waals surface area contributed by atoms with Crippen LogP contribution < -0.4 is 10.6 Å². The number of nitrogens with one attached hydrogen (secondary N) is 2. The number of halogens is 1. The zero-order valence-electron chi connectivity index (χ0n) is 17.6. The normalized spacial score (nSPS) is 22.7. The van der Waals surface area contributed by atoms with Crippen LogP contribution in [-0.2, 0) is 9.53 Å². The summed E-state index contributed by atoms with van der Waals surface area (Å²) in [6, 6.07) is 0.264. The Morgan fingerprint density at radius 2 is 2.00 bits per heavy atom. The number of nitrogens with zero attached hydrogens (tertiary/aromatic N) is 3. The van der Waals surface area contributed by atoms with Gasteiger partial charge in [-0.2, -0.15) is 0 Å². The van der Waals surface area contributed by atoms with E-state index in [0.29, 0.717) is 0 Å². The van der Waals surface area contributed by atoms with Crippen molar-refractivity contribution in [1.82, 2.24) is 20.4 Å². The van der Waals surface area contributed by atoms with Gasteiger partial charge in [0.2, 0.25) is 5.91 Å². The fraction of sp³-hybridized carbons (Fsp3) is 0.895. The van der Waals surface area contributed by atoms with Gasteiger partial charge in [-0.1, -0.05) is 13.8 Å². The number of carbonyl (C=O) groups is 1. The molecule has 0 aromatic carbocycles. The number of amides is 1. The van der Waals surface area contributed by atoms with Gasteiger partial charge >= 0.3 is 0 Å². The lowest BCUT2D eigenvalue weighted by Crippen LogP contribution is -2.52. The fourth-order valence-corrected chi connectivity index (χ4v) is 3.68. The highest BCUT2D eigenvalue weighted by Crippen LogP contribution is 2.26. The van der Waals surface area contributed by atoms with Gasteiger partial charge < -0.3 is 25.2 Å². The van der Waals surface area contributed by atoms with Crippen molar-refractivity contribution >= 4 is 35.8 Å². The highest BCUT2D eigenvalue weighted by molar-refractivity contribution is 14.0. The van der Waals surface area contributed by atoms with Gasteiger partial charge in [-0.3, -0.25) is 9.79 Å². The molecule has 0 bridgehead atoms. The van der Waals surface area contributed by atoms with Gasteiger partial charge in [-0.15, -0.1) is 24.0 Å². The SMILES string of the molecule is CCNC(=NCC1(N(C)C)CCOCC1)NC1CCN(C(=O)C(C)C)C1.I. The molecule has 8 heteroatoms. The molecule has 0 spiro atoms. The quantitative estimate of drug-likeness (QED) is 0.333. The Morgan fingerprint density at radius 3 is 2.56 bits per heavy atom. The van der Waals surface area contributed by atoms with Crippen molar-refractivity contribution < 1.29 is 9.53 Å². The van der Waals surface area contributed by atoms with E-state index in [0.717, 1.165) is 64.6 Å². The van der Waals surface area contributed by atoms with Crippen LogP contribution in [0.2, 0.25) is 0 Å². The minimum atomic E-state index is 0. The van der Waals surface area contributed by atoms with E-state index in [1.165, 1.54) is 0 Å². The van der Waals surface area contributed by atoms with Gasteiger partial charge in [0.25, 0.3) is 0 Å². The molecular formula is C19H38IN5O2. The van der Waals surface area contributed by atoms with Crippen LogP contribution in [0, 0.1) is 5.92 Å². The first-order chi connectivity index (χ1) is 12.4. The van der Waals surface area contributed by atoms with E-state index in [-0.39, 0.29) is 47.4 Å². The second kappa shape index (κ2) is 11.4. The molecule has 2 N–H and O–H groups in total. The summed E-state index contributed by atoms with van der Waals surface area (Å²) in [7, 11) is 4.27. The molecular weight excluding hydrogens is 457 g/mol. The van der Waals surface area contributed by atoms with Crippen LogP contribution in [0.3, 0.4) is 0 Å². The maximum atomic E-state index is 12.2. The third kappa shape index (κ3) is 6.74. The zero-order chi connectivity index (χ0) is 19.2. The Bertz CT molecular complexity index is 492.